The molecule has 1 aromatic rings. The molecule has 0 unspecified atom stereocenters. The zero-order chi connectivity index (χ0) is 11.4. The summed E-state index contributed by atoms with van der Waals surface area (Å²) in [5.41, 5.74) is 1.22. The van der Waals surface area contributed by atoms with Crippen LogP contribution in [0.3, 0.4) is 0 Å². The second kappa shape index (κ2) is 4.44. The van der Waals surface area contributed by atoms with Crippen molar-refractivity contribution in [3.63, 3.8) is 0 Å². The van der Waals surface area contributed by atoms with E-state index >= 15 is 0 Å². The largest absolute Gasteiger partial charge is 0.493 e. The number of nitriles is 1. The molecule has 0 heterocycles. The third kappa shape index (κ3) is 2.46. The van der Waals surface area contributed by atoms with Gasteiger partial charge in [-0.1, -0.05) is 0 Å². The number of hydrogen-bond acceptors (Lipinski definition) is 3. The van der Waals surface area contributed by atoms with Gasteiger partial charge >= 0.3 is 0 Å². The van der Waals surface area contributed by atoms with Crippen molar-refractivity contribution in [2.45, 2.75) is 19.3 Å². The zero-order valence-electron chi connectivity index (χ0n) is 9.49. The first-order valence-electron chi connectivity index (χ1n) is 5.56. The van der Waals surface area contributed by atoms with Crippen molar-refractivity contribution in [3.05, 3.63) is 24.3 Å². The molecule has 1 aliphatic carbocycles. The molecule has 3 heteroatoms. The maximum Gasteiger partial charge on any atom is 0.119 e. The number of benzene rings is 1. The van der Waals surface area contributed by atoms with Crippen LogP contribution in [0.15, 0.2) is 24.3 Å². The minimum atomic E-state index is 0.149. The van der Waals surface area contributed by atoms with E-state index in [1.165, 1.54) is 0 Å². The van der Waals surface area contributed by atoms with Crippen LogP contribution in [0.5, 0.6) is 5.75 Å². The lowest BCUT2D eigenvalue weighted by Gasteiger charge is -2.13. The quantitative estimate of drug-likeness (QED) is 0.823. The van der Waals surface area contributed by atoms with Crippen molar-refractivity contribution in [1.29, 1.82) is 5.26 Å². The van der Waals surface area contributed by atoms with Crippen LogP contribution in [-0.2, 0) is 0 Å². The molecule has 1 aromatic carbocycles. The van der Waals surface area contributed by atoms with Gasteiger partial charge < -0.3 is 10.1 Å². The number of rotatable bonds is 5. The number of hydrogen-bond donors (Lipinski definition) is 1. The maximum absolute atomic E-state index is 8.69. The Bertz CT molecular complexity index is 387. The van der Waals surface area contributed by atoms with Crippen molar-refractivity contribution >= 4 is 5.69 Å². The summed E-state index contributed by atoms with van der Waals surface area (Å²) in [5, 5.41) is 11.8. The van der Waals surface area contributed by atoms with E-state index in [4.69, 9.17) is 10.00 Å². The Kier molecular flexibility index (Phi) is 3.00. The van der Waals surface area contributed by atoms with E-state index in [-0.39, 0.29) is 5.41 Å². The van der Waals surface area contributed by atoms with E-state index < -0.39 is 0 Å². The van der Waals surface area contributed by atoms with Crippen LogP contribution in [0.25, 0.3) is 0 Å². The summed E-state index contributed by atoms with van der Waals surface area (Å²) in [6.07, 6.45) is 2.85. The Morgan fingerprint density at radius 2 is 2.06 bits per heavy atom. The Labute approximate surface area is 96.0 Å². The maximum atomic E-state index is 8.69. The van der Waals surface area contributed by atoms with Crippen molar-refractivity contribution in [2.75, 3.05) is 19.0 Å². The molecule has 84 valence electrons. The third-order valence-electron chi connectivity index (χ3n) is 3.10. The summed E-state index contributed by atoms with van der Waals surface area (Å²) in [5.74, 6) is 0.878. The number of nitrogens with zero attached hydrogens (tertiary/aromatic N) is 1. The number of ether oxygens (including phenoxy) is 1. The second-order valence-electron chi connectivity index (χ2n) is 4.40. The van der Waals surface area contributed by atoms with Gasteiger partial charge in [0.25, 0.3) is 0 Å². The highest BCUT2D eigenvalue weighted by atomic mass is 16.5. The minimum absolute atomic E-state index is 0.149. The average molecular weight is 216 g/mol. The van der Waals surface area contributed by atoms with Crippen LogP contribution in [0.1, 0.15) is 19.3 Å². The van der Waals surface area contributed by atoms with Crippen molar-refractivity contribution in [1.82, 2.24) is 0 Å². The fourth-order valence-corrected chi connectivity index (χ4v) is 1.67. The fraction of sp³-hybridized carbons (Fsp3) is 0.462. The van der Waals surface area contributed by atoms with Gasteiger partial charge in [0.05, 0.1) is 12.7 Å². The first kappa shape index (κ1) is 10.8. The molecule has 2 rings (SSSR count). The van der Waals surface area contributed by atoms with Gasteiger partial charge in [-0.2, -0.15) is 5.26 Å². The van der Waals surface area contributed by atoms with Crippen LogP contribution in [-0.4, -0.2) is 13.7 Å². The Balaban J connectivity index is 1.88. The molecule has 0 radical (unpaired) electrons. The summed E-state index contributed by atoms with van der Waals surface area (Å²) < 4.78 is 5.71. The van der Waals surface area contributed by atoms with Crippen molar-refractivity contribution < 1.29 is 4.74 Å². The van der Waals surface area contributed by atoms with Crippen LogP contribution in [0.2, 0.25) is 0 Å². The summed E-state index contributed by atoms with van der Waals surface area (Å²) in [6.45, 7) is 0.666. The summed E-state index contributed by atoms with van der Waals surface area (Å²) in [4.78, 5) is 0. The molecule has 0 amide bonds. The average Bonchev–Trinajstić information content (AvgIpc) is 3.08. The van der Waals surface area contributed by atoms with E-state index in [9.17, 15) is 0 Å². The molecule has 0 spiro atoms. The predicted octanol–water partition coefficient (Wildman–Crippen LogP) is 2.80. The van der Waals surface area contributed by atoms with Gasteiger partial charge in [-0.05, 0) is 37.1 Å². The molecule has 0 aliphatic heterocycles. The second-order valence-corrected chi connectivity index (χ2v) is 4.40. The smallest absolute Gasteiger partial charge is 0.119 e. The first-order chi connectivity index (χ1) is 7.78. The van der Waals surface area contributed by atoms with Gasteiger partial charge in [0.15, 0.2) is 0 Å². The first-order valence-corrected chi connectivity index (χ1v) is 5.56. The molecular weight excluding hydrogens is 200 g/mol. The van der Waals surface area contributed by atoms with E-state index in [1.54, 1.807) is 0 Å². The topological polar surface area (TPSA) is 45.0 Å². The summed E-state index contributed by atoms with van der Waals surface area (Å²) >= 11 is 0. The van der Waals surface area contributed by atoms with E-state index in [0.717, 1.165) is 24.3 Å². The molecule has 1 aliphatic rings. The molecule has 3 nitrogen and oxygen atoms in total. The minimum Gasteiger partial charge on any atom is -0.493 e. The predicted molar refractivity (Wildman–Crippen MR) is 63.4 cm³/mol. The van der Waals surface area contributed by atoms with Crippen LogP contribution >= 0.6 is 0 Å². The lowest BCUT2D eigenvalue weighted by Crippen LogP contribution is -2.12. The molecule has 16 heavy (non-hydrogen) atoms. The van der Waals surface area contributed by atoms with Gasteiger partial charge in [-0.25, -0.2) is 0 Å². The van der Waals surface area contributed by atoms with Crippen LogP contribution in [0.4, 0.5) is 5.69 Å². The SMILES string of the molecule is CNc1ccc(OCC2(CC#N)CC2)cc1. The normalized spacial score (nSPS) is 16.2. The number of nitrogens with one attached hydrogen (secondary N) is 1. The highest BCUT2D eigenvalue weighted by Crippen LogP contribution is 2.48. The molecule has 0 atom stereocenters. The van der Waals surface area contributed by atoms with Crippen LogP contribution < -0.4 is 10.1 Å². The van der Waals surface area contributed by atoms with Gasteiger partial charge in [0.1, 0.15) is 5.75 Å². The molecule has 1 saturated carbocycles. The van der Waals surface area contributed by atoms with E-state index in [2.05, 4.69) is 11.4 Å². The Morgan fingerprint density at radius 3 is 2.56 bits per heavy atom. The standard InChI is InChI=1S/C13H16N2O/c1-15-11-2-4-12(5-3-11)16-10-13(6-7-13)8-9-14/h2-5,15H,6-8,10H2,1H3. The molecular formula is C13H16N2O. The lowest BCUT2D eigenvalue weighted by atomic mass is 10.1. The lowest BCUT2D eigenvalue weighted by molar-refractivity contribution is 0.237. The van der Waals surface area contributed by atoms with Crippen molar-refractivity contribution in [3.8, 4) is 11.8 Å². The number of anilines is 1. The Hall–Kier alpha value is -1.69. The Morgan fingerprint density at radius 1 is 1.38 bits per heavy atom. The third-order valence-corrected chi connectivity index (χ3v) is 3.10. The molecule has 1 N–H and O–H groups in total. The van der Waals surface area contributed by atoms with Gasteiger partial charge in [0, 0.05) is 24.6 Å². The highest BCUT2D eigenvalue weighted by Gasteiger charge is 2.43. The fourth-order valence-electron chi connectivity index (χ4n) is 1.67. The summed E-state index contributed by atoms with van der Waals surface area (Å²) in [6, 6.07) is 10.1. The molecule has 0 bridgehead atoms. The molecule has 1 fully saturated rings. The van der Waals surface area contributed by atoms with Crippen molar-refractivity contribution in [2.24, 2.45) is 5.41 Å². The van der Waals surface area contributed by atoms with E-state index in [1.807, 2.05) is 31.3 Å². The van der Waals surface area contributed by atoms with E-state index in [0.29, 0.717) is 13.0 Å². The summed E-state index contributed by atoms with van der Waals surface area (Å²) in [7, 11) is 1.89. The van der Waals surface area contributed by atoms with Gasteiger partial charge in [-0.3, -0.25) is 0 Å². The molecule has 0 aromatic heterocycles. The van der Waals surface area contributed by atoms with Crippen LogP contribution in [0, 0.1) is 16.7 Å². The zero-order valence-corrected chi connectivity index (χ0v) is 9.49. The molecule has 0 saturated heterocycles. The highest BCUT2D eigenvalue weighted by molar-refractivity contribution is 5.45. The van der Waals surface area contributed by atoms with Gasteiger partial charge in [0.2, 0.25) is 0 Å². The monoisotopic (exact) mass is 216 g/mol. The van der Waals surface area contributed by atoms with Gasteiger partial charge in [-0.15, -0.1) is 0 Å².